The topological polar surface area (TPSA) is 47.3 Å². The number of ether oxygens (including phenoxy) is 1. The maximum atomic E-state index is 13.4. The van der Waals surface area contributed by atoms with Crippen LogP contribution in [0.15, 0.2) is 23.8 Å². The van der Waals surface area contributed by atoms with Gasteiger partial charge in [-0.05, 0) is 25.7 Å². The normalized spacial score (nSPS) is 14.5. The summed E-state index contributed by atoms with van der Waals surface area (Å²) in [6, 6.07) is 2.15. The first-order chi connectivity index (χ1) is 9.56. The third-order valence-electron chi connectivity index (χ3n) is 3.22. The molecule has 0 heterocycles. The highest BCUT2D eigenvalue weighted by molar-refractivity contribution is 5.68. The summed E-state index contributed by atoms with van der Waals surface area (Å²) >= 11 is 0. The Labute approximate surface area is 115 Å². The van der Waals surface area contributed by atoms with Gasteiger partial charge in [-0.15, -0.1) is 0 Å². The van der Waals surface area contributed by atoms with E-state index < -0.39 is 18.2 Å². The molecule has 0 spiro atoms. The van der Waals surface area contributed by atoms with Gasteiger partial charge in [0.15, 0.2) is 11.6 Å². The van der Waals surface area contributed by atoms with Crippen molar-refractivity contribution in [1.82, 2.24) is 0 Å². The van der Waals surface area contributed by atoms with E-state index in [1.54, 1.807) is 0 Å². The van der Waals surface area contributed by atoms with Crippen molar-refractivity contribution in [2.75, 3.05) is 17.6 Å². The van der Waals surface area contributed by atoms with Crippen molar-refractivity contribution in [2.24, 2.45) is 0 Å². The minimum absolute atomic E-state index is 0.171. The van der Waals surface area contributed by atoms with E-state index in [4.69, 9.17) is 5.73 Å². The number of hydrogen-bond acceptors (Lipinski definition) is 3. The molecule has 3 N–H and O–H groups in total. The van der Waals surface area contributed by atoms with Crippen LogP contribution in [-0.2, 0) is 0 Å². The molecule has 3 nitrogen and oxygen atoms in total. The fraction of sp³-hybridized carbons (Fsp3) is 0.429. The van der Waals surface area contributed by atoms with Crippen molar-refractivity contribution >= 4 is 11.4 Å². The lowest BCUT2D eigenvalue weighted by Crippen LogP contribution is -2.08. The molecule has 1 aromatic rings. The van der Waals surface area contributed by atoms with Gasteiger partial charge in [0.05, 0.1) is 11.4 Å². The molecule has 0 unspecified atom stereocenters. The Balaban J connectivity index is 1.98. The number of alkyl halides is 2. The molecule has 110 valence electrons. The Morgan fingerprint density at radius 1 is 1.35 bits per heavy atom. The molecule has 20 heavy (non-hydrogen) atoms. The van der Waals surface area contributed by atoms with Gasteiger partial charge in [-0.1, -0.05) is 11.6 Å². The Hall–Kier alpha value is -1.85. The summed E-state index contributed by atoms with van der Waals surface area (Å²) in [5.74, 6) is -1.40. The number of anilines is 2. The summed E-state index contributed by atoms with van der Waals surface area (Å²) in [7, 11) is 0. The molecular weight excluding hydrogens is 269 g/mol. The second-order valence-electron chi connectivity index (χ2n) is 4.68. The SMILES string of the molecule is Nc1cc(F)c(OC(F)F)cc1NCCC1=CCCC1. The average Bonchev–Trinajstić information content (AvgIpc) is 2.87. The number of nitrogen functional groups attached to an aromatic ring is 1. The monoisotopic (exact) mass is 286 g/mol. The molecule has 2 rings (SSSR count). The Kier molecular flexibility index (Phi) is 4.76. The van der Waals surface area contributed by atoms with E-state index in [1.165, 1.54) is 18.1 Å². The largest absolute Gasteiger partial charge is 0.432 e. The molecular formula is C14H17F3N2O. The molecule has 0 saturated heterocycles. The summed E-state index contributed by atoms with van der Waals surface area (Å²) in [6.45, 7) is -2.44. The zero-order valence-electron chi connectivity index (χ0n) is 11.0. The predicted molar refractivity (Wildman–Crippen MR) is 72.5 cm³/mol. The Morgan fingerprint density at radius 2 is 2.15 bits per heavy atom. The second-order valence-corrected chi connectivity index (χ2v) is 4.68. The lowest BCUT2D eigenvalue weighted by molar-refractivity contribution is -0.0521. The minimum atomic E-state index is -3.07. The molecule has 0 saturated carbocycles. The second kappa shape index (κ2) is 6.54. The number of benzene rings is 1. The smallest absolute Gasteiger partial charge is 0.387 e. The van der Waals surface area contributed by atoms with Gasteiger partial charge in [-0.3, -0.25) is 0 Å². The lowest BCUT2D eigenvalue weighted by atomic mass is 10.1. The first kappa shape index (κ1) is 14.6. The number of rotatable bonds is 6. The number of halogens is 3. The van der Waals surface area contributed by atoms with Gasteiger partial charge >= 0.3 is 6.61 Å². The Bertz CT molecular complexity index is 503. The van der Waals surface area contributed by atoms with Gasteiger partial charge in [-0.2, -0.15) is 8.78 Å². The molecule has 0 amide bonds. The van der Waals surface area contributed by atoms with Crippen molar-refractivity contribution in [3.8, 4) is 5.75 Å². The van der Waals surface area contributed by atoms with Crippen LogP contribution < -0.4 is 15.8 Å². The molecule has 6 heteroatoms. The van der Waals surface area contributed by atoms with Crippen molar-refractivity contribution in [2.45, 2.75) is 32.3 Å². The molecule has 0 bridgehead atoms. The third-order valence-corrected chi connectivity index (χ3v) is 3.22. The fourth-order valence-electron chi connectivity index (χ4n) is 2.23. The lowest BCUT2D eigenvalue weighted by Gasteiger charge is -2.13. The van der Waals surface area contributed by atoms with Gasteiger partial charge in [0, 0.05) is 18.7 Å². The van der Waals surface area contributed by atoms with E-state index in [0.29, 0.717) is 12.2 Å². The predicted octanol–water partition coefficient (Wildman–Crippen LogP) is 3.92. The summed E-state index contributed by atoms with van der Waals surface area (Å²) in [5.41, 5.74) is 7.61. The van der Waals surface area contributed by atoms with Crippen LogP contribution in [0.3, 0.4) is 0 Å². The van der Waals surface area contributed by atoms with Crippen LogP contribution in [0.25, 0.3) is 0 Å². The molecule has 0 fully saturated rings. The summed E-state index contributed by atoms with van der Waals surface area (Å²) in [6.07, 6.45) is 6.46. The van der Waals surface area contributed by atoms with Crippen molar-refractivity contribution in [3.63, 3.8) is 0 Å². The van der Waals surface area contributed by atoms with E-state index in [9.17, 15) is 13.2 Å². The van der Waals surface area contributed by atoms with E-state index in [0.717, 1.165) is 25.3 Å². The highest BCUT2D eigenvalue weighted by Crippen LogP contribution is 2.29. The molecule has 1 aliphatic rings. The van der Waals surface area contributed by atoms with Crippen LogP contribution in [0.1, 0.15) is 25.7 Å². The van der Waals surface area contributed by atoms with Crippen LogP contribution in [0.4, 0.5) is 24.5 Å². The zero-order valence-corrected chi connectivity index (χ0v) is 11.0. The number of nitrogens with two attached hydrogens (primary N) is 1. The number of hydrogen-bond donors (Lipinski definition) is 2. The van der Waals surface area contributed by atoms with Gasteiger partial charge in [0.2, 0.25) is 0 Å². The number of allylic oxidation sites excluding steroid dienone is 1. The first-order valence-electron chi connectivity index (χ1n) is 6.52. The minimum Gasteiger partial charge on any atom is -0.432 e. The molecule has 0 aliphatic heterocycles. The Morgan fingerprint density at radius 3 is 2.80 bits per heavy atom. The molecule has 1 aromatic carbocycles. The average molecular weight is 286 g/mol. The van der Waals surface area contributed by atoms with E-state index in [-0.39, 0.29) is 5.69 Å². The molecule has 1 aliphatic carbocycles. The first-order valence-corrected chi connectivity index (χ1v) is 6.52. The van der Waals surface area contributed by atoms with Crippen molar-refractivity contribution < 1.29 is 17.9 Å². The summed E-state index contributed by atoms with van der Waals surface area (Å²) in [4.78, 5) is 0. The van der Waals surface area contributed by atoms with Crippen LogP contribution in [0.2, 0.25) is 0 Å². The van der Waals surface area contributed by atoms with Crippen LogP contribution >= 0.6 is 0 Å². The summed E-state index contributed by atoms with van der Waals surface area (Å²) in [5, 5.41) is 3.02. The van der Waals surface area contributed by atoms with Crippen LogP contribution in [-0.4, -0.2) is 13.2 Å². The maximum Gasteiger partial charge on any atom is 0.387 e. The summed E-state index contributed by atoms with van der Waals surface area (Å²) < 4.78 is 41.8. The van der Waals surface area contributed by atoms with Crippen LogP contribution in [0, 0.1) is 5.82 Å². The van der Waals surface area contributed by atoms with Gasteiger partial charge < -0.3 is 15.8 Å². The van der Waals surface area contributed by atoms with Crippen LogP contribution in [0.5, 0.6) is 5.75 Å². The van der Waals surface area contributed by atoms with Gasteiger partial charge in [-0.25, -0.2) is 4.39 Å². The zero-order chi connectivity index (χ0) is 14.5. The highest BCUT2D eigenvalue weighted by Gasteiger charge is 2.13. The quantitative estimate of drug-likeness (QED) is 0.615. The maximum absolute atomic E-state index is 13.4. The third kappa shape index (κ3) is 3.82. The van der Waals surface area contributed by atoms with Crippen molar-refractivity contribution in [1.29, 1.82) is 0 Å². The van der Waals surface area contributed by atoms with Gasteiger partial charge in [0.25, 0.3) is 0 Å². The van der Waals surface area contributed by atoms with E-state index in [2.05, 4.69) is 16.1 Å². The fourth-order valence-corrected chi connectivity index (χ4v) is 2.23. The highest BCUT2D eigenvalue weighted by atomic mass is 19.3. The molecule has 0 radical (unpaired) electrons. The molecule has 0 atom stereocenters. The van der Waals surface area contributed by atoms with E-state index >= 15 is 0 Å². The van der Waals surface area contributed by atoms with Crippen molar-refractivity contribution in [3.05, 3.63) is 29.6 Å². The number of nitrogens with one attached hydrogen (secondary N) is 1. The molecule has 0 aromatic heterocycles. The van der Waals surface area contributed by atoms with Gasteiger partial charge in [0.1, 0.15) is 0 Å². The van der Waals surface area contributed by atoms with E-state index in [1.807, 2.05) is 0 Å². The standard InChI is InChI=1S/C14H17F3N2O/c15-10-7-11(18)12(8-13(10)20-14(16)17)19-6-5-9-3-1-2-4-9/h3,7-8,14,19H,1-2,4-6,18H2.